The van der Waals surface area contributed by atoms with Crippen molar-refractivity contribution < 1.29 is 27.5 Å². The van der Waals surface area contributed by atoms with Crippen LogP contribution in [0, 0.1) is 5.92 Å². The summed E-state index contributed by atoms with van der Waals surface area (Å²) in [6.07, 6.45) is -0.558. The second-order valence-corrected chi connectivity index (χ2v) is 8.53. The molecule has 8 nitrogen and oxygen atoms in total. The van der Waals surface area contributed by atoms with Crippen LogP contribution in [0.3, 0.4) is 0 Å². The Morgan fingerprint density at radius 3 is 2.65 bits per heavy atom. The quantitative estimate of drug-likeness (QED) is 0.552. The molecule has 2 atom stereocenters. The molecule has 1 N–H and O–H groups in total. The topological polar surface area (TPSA) is 89.3 Å². The van der Waals surface area contributed by atoms with Crippen molar-refractivity contribution in [1.29, 1.82) is 0 Å². The lowest BCUT2D eigenvalue weighted by Gasteiger charge is -2.27. The third kappa shape index (κ3) is 6.13. The van der Waals surface area contributed by atoms with Crippen molar-refractivity contribution in [1.82, 2.24) is 25.2 Å². The maximum atomic E-state index is 13.1. The number of aromatic nitrogens is 3. The molecule has 0 spiro atoms. The number of nitrogens with one attached hydrogen (secondary N) is 1. The molecule has 0 bridgehead atoms. The molecule has 0 unspecified atom stereocenters. The predicted octanol–water partition coefficient (Wildman–Crippen LogP) is 3.45. The van der Waals surface area contributed by atoms with Gasteiger partial charge >= 0.3 is 12.1 Å². The van der Waals surface area contributed by atoms with Gasteiger partial charge in [-0.3, -0.25) is 9.69 Å². The Labute approximate surface area is 196 Å². The van der Waals surface area contributed by atoms with E-state index in [1.165, 1.54) is 19.4 Å². The highest BCUT2D eigenvalue weighted by atomic mass is 19.4. The van der Waals surface area contributed by atoms with E-state index in [9.17, 15) is 22.8 Å². The zero-order valence-corrected chi connectivity index (χ0v) is 19.5. The molecular weight excluding hydrogens is 451 g/mol. The van der Waals surface area contributed by atoms with E-state index in [1.54, 1.807) is 10.7 Å². The number of hydrogen-bond acceptors (Lipinski definition) is 6. The van der Waals surface area contributed by atoms with Crippen LogP contribution in [0.15, 0.2) is 30.5 Å². The molecule has 11 heteroatoms. The minimum atomic E-state index is -4.44. The van der Waals surface area contributed by atoms with E-state index < -0.39 is 23.8 Å². The molecule has 1 amide bonds. The standard InChI is InChI=1S/C23H30F3N5O3/c1-4-15(5-2)12-30-13-18(31-14-19(28-29-31)22(33)34-3)10-20(30)21(32)27-11-16-7-6-8-17(9-16)23(24,25)26/h6-9,14-15,18,20H,4-5,10-13H2,1-3H3,(H,27,32)/t18-,20+/m1/s1. The van der Waals surface area contributed by atoms with Crippen molar-refractivity contribution in [2.45, 2.75) is 57.9 Å². The lowest BCUT2D eigenvalue weighted by atomic mass is 10.0. The highest BCUT2D eigenvalue weighted by molar-refractivity contribution is 5.86. The molecule has 186 valence electrons. The Morgan fingerprint density at radius 2 is 2.00 bits per heavy atom. The summed E-state index contributed by atoms with van der Waals surface area (Å²) in [4.78, 5) is 26.9. The molecule has 0 aliphatic carbocycles. The maximum Gasteiger partial charge on any atom is 0.416 e. The number of esters is 1. The van der Waals surface area contributed by atoms with Gasteiger partial charge in [-0.1, -0.05) is 44.0 Å². The van der Waals surface area contributed by atoms with Crippen LogP contribution >= 0.6 is 0 Å². The number of likely N-dealkylation sites (tertiary alicyclic amines) is 1. The molecule has 2 heterocycles. The number of amides is 1. The van der Waals surface area contributed by atoms with Crippen LogP contribution in [0.4, 0.5) is 13.2 Å². The van der Waals surface area contributed by atoms with E-state index in [0.717, 1.165) is 25.0 Å². The van der Waals surface area contributed by atoms with E-state index in [1.807, 2.05) is 0 Å². The highest BCUT2D eigenvalue weighted by Crippen LogP contribution is 2.30. The molecule has 0 saturated carbocycles. The SMILES string of the molecule is CCC(CC)CN1C[C@H](n2cc(C(=O)OC)nn2)C[C@H]1C(=O)NCc1cccc(C(F)(F)F)c1. The Morgan fingerprint density at radius 1 is 1.26 bits per heavy atom. The van der Waals surface area contributed by atoms with Crippen LogP contribution in [0.5, 0.6) is 0 Å². The monoisotopic (exact) mass is 481 g/mol. The number of alkyl halides is 3. The fourth-order valence-electron chi connectivity index (χ4n) is 4.24. The Bertz CT molecular complexity index is 990. The number of nitrogens with zero attached hydrogens (tertiary/aromatic N) is 4. The minimum Gasteiger partial charge on any atom is -0.464 e. The van der Waals surface area contributed by atoms with Gasteiger partial charge < -0.3 is 10.1 Å². The van der Waals surface area contributed by atoms with E-state index in [4.69, 9.17) is 0 Å². The first kappa shape index (κ1) is 25.7. The zero-order valence-electron chi connectivity index (χ0n) is 19.5. The van der Waals surface area contributed by atoms with Gasteiger partial charge in [-0.05, 0) is 30.0 Å². The molecule has 34 heavy (non-hydrogen) atoms. The van der Waals surface area contributed by atoms with E-state index >= 15 is 0 Å². The molecule has 1 saturated heterocycles. The van der Waals surface area contributed by atoms with E-state index in [-0.39, 0.29) is 24.2 Å². The van der Waals surface area contributed by atoms with Crippen molar-refractivity contribution in [2.75, 3.05) is 20.2 Å². The summed E-state index contributed by atoms with van der Waals surface area (Å²) in [7, 11) is 1.26. The van der Waals surface area contributed by atoms with Crippen LogP contribution in [0.2, 0.25) is 0 Å². The number of methoxy groups -OCH3 is 1. The maximum absolute atomic E-state index is 13.1. The first-order valence-corrected chi connectivity index (χ1v) is 11.3. The second-order valence-electron chi connectivity index (χ2n) is 8.53. The Hall–Kier alpha value is -2.95. The smallest absolute Gasteiger partial charge is 0.416 e. The van der Waals surface area contributed by atoms with Gasteiger partial charge in [0.25, 0.3) is 0 Å². The van der Waals surface area contributed by atoms with Crippen LogP contribution in [0.25, 0.3) is 0 Å². The summed E-state index contributed by atoms with van der Waals surface area (Å²) in [6.45, 7) is 5.46. The van der Waals surface area contributed by atoms with E-state index in [2.05, 4.69) is 39.1 Å². The average Bonchev–Trinajstić information content (AvgIpc) is 3.47. The fourth-order valence-corrected chi connectivity index (χ4v) is 4.24. The van der Waals surface area contributed by atoms with Crippen molar-refractivity contribution in [3.63, 3.8) is 0 Å². The van der Waals surface area contributed by atoms with Crippen molar-refractivity contribution in [3.8, 4) is 0 Å². The van der Waals surface area contributed by atoms with Gasteiger partial charge in [0.2, 0.25) is 5.91 Å². The van der Waals surface area contributed by atoms with Crippen molar-refractivity contribution in [3.05, 3.63) is 47.3 Å². The van der Waals surface area contributed by atoms with Gasteiger partial charge in [-0.25, -0.2) is 9.48 Å². The molecule has 2 aromatic rings. The van der Waals surface area contributed by atoms with Crippen molar-refractivity contribution >= 4 is 11.9 Å². The lowest BCUT2D eigenvalue weighted by Crippen LogP contribution is -2.44. The second kappa shape index (κ2) is 11.0. The number of benzene rings is 1. The summed E-state index contributed by atoms with van der Waals surface area (Å²) in [5, 5.41) is 10.7. The summed E-state index contributed by atoms with van der Waals surface area (Å²) in [5.41, 5.74) is -0.280. The number of hydrogen-bond donors (Lipinski definition) is 1. The van der Waals surface area contributed by atoms with Gasteiger partial charge in [0.1, 0.15) is 0 Å². The number of carbonyl (C=O) groups excluding carboxylic acids is 2. The Balaban J connectivity index is 1.73. The fraction of sp³-hybridized carbons (Fsp3) is 0.565. The van der Waals surface area contributed by atoms with Crippen molar-refractivity contribution in [2.24, 2.45) is 5.92 Å². The van der Waals surface area contributed by atoms with Gasteiger partial charge in [0.15, 0.2) is 5.69 Å². The molecule has 1 aromatic carbocycles. The lowest BCUT2D eigenvalue weighted by molar-refractivity contribution is -0.137. The summed E-state index contributed by atoms with van der Waals surface area (Å²) in [6, 6.07) is 4.29. The first-order valence-electron chi connectivity index (χ1n) is 11.3. The summed E-state index contributed by atoms with van der Waals surface area (Å²) in [5.74, 6) is -0.438. The first-order chi connectivity index (χ1) is 16.2. The summed E-state index contributed by atoms with van der Waals surface area (Å²) < 4.78 is 45.2. The van der Waals surface area contributed by atoms with Gasteiger partial charge in [-0.15, -0.1) is 5.10 Å². The van der Waals surface area contributed by atoms with Crippen LogP contribution in [0.1, 0.15) is 60.8 Å². The normalized spacial score (nSPS) is 18.9. The summed E-state index contributed by atoms with van der Waals surface area (Å²) >= 11 is 0. The predicted molar refractivity (Wildman–Crippen MR) is 118 cm³/mol. The highest BCUT2D eigenvalue weighted by Gasteiger charge is 2.39. The van der Waals surface area contributed by atoms with Gasteiger partial charge in [-0.2, -0.15) is 13.2 Å². The van der Waals surface area contributed by atoms with Crippen LogP contribution in [-0.2, 0) is 22.3 Å². The number of rotatable bonds is 9. The van der Waals surface area contributed by atoms with E-state index in [0.29, 0.717) is 31.0 Å². The molecule has 1 aliphatic heterocycles. The Kier molecular flexibility index (Phi) is 8.29. The average molecular weight is 482 g/mol. The molecule has 0 radical (unpaired) electrons. The number of halogens is 3. The molecule has 3 rings (SSSR count). The largest absolute Gasteiger partial charge is 0.464 e. The zero-order chi connectivity index (χ0) is 24.9. The minimum absolute atomic E-state index is 0.00143. The number of carbonyl (C=O) groups is 2. The number of ether oxygens (including phenoxy) is 1. The molecule has 1 fully saturated rings. The molecule has 1 aromatic heterocycles. The van der Waals surface area contributed by atoms with Crippen LogP contribution < -0.4 is 5.32 Å². The molecular formula is C23H30F3N5O3. The molecule has 1 aliphatic rings. The third-order valence-corrected chi connectivity index (χ3v) is 6.33. The van der Waals surface area contributed by atoms with Crippen LogP contribution in [-0.4, -0.2) is 58.0 Å². The third-order valence-electron chi connectivity index (χ3n) is 6.33. The van der Waals surface area contributed by atoms with Gasteiger partial charge in [0.05, 0.1) is 31.0 Å². The van der Waals surface area contributed by atoms with Gasteiger partial charge in [0, 0.05) is 19.6 Å².